The molecule has 0 radical (unpaired) electrons. The van der Waals surface area contributed by atoms with Gasteiger partial charge in [-0.05, 0) is 37.1 Å². The van der Waals surface area contributed by atoms with Gasteiger partial charge in [0.25, 0.3) is 0 Å². The van der Waals surface area contributed by atoms with Gasteiger partial charge in [0.2, 0.25) is 11.8 Å². The van der Waals surface area contributed by atoms with Crippen molar-refractivity contribution in [3.05, 3.63) is 46.4 Å². The number of oxazole rings is 1. The standard InChI is InChI=1S/C20H20Cl2N2O4/c21-14-11-13(20-23-16-7-4-5-8-17(16)28-20)12-15(22)19(14)27-10-6-2-1-3-9-18(25)24-26/h4-5,7-8,11-12,26H,1-3,6,9-10H2,(H,24,25). The van der Waals surface area contributed by atoms with E-state index in [9.17, 15) is 4.79 Å². The van der Waals surface area contributed by atoms with Crippen LogP contribution in [0.2, 0.25) is 10.0 Å². The molecule has 28 heavy (non-hydrogen) atoms. The van der Waals surface area contributed by atoms with Gasteiger partial charge < -0.3 is 9.15 Å². The smallest absolute Gasteiger partial charge is 0.243 e. The fraction of sp³-hybridized carbons (Fsp3) is 0.300. The molecule has 0 fully saturated rings. The van der Waals surface area contributed by atoms with Crippen molar-refractivity contribution in [3.63, 3.8) is 0 Å². The average molecular weight is 423 g/mol. The Morgan fingerprint density at radius 2 is 1.82 bits per heavy atom. The van der Waals surface area contributed by atoms with Gasteiger partial charge in [-0.25, -0.2) is 10.5 Å². The molecule has 8 heteroatoms. The van der Waals surface area contributed by atoms with Crippen LogP contribution in [-0.2, 0) is 4.79 Å². The third-order valence-electron chi connectivity index (χ3n) is 4.21. The highest BCUT2D eigenvalue weighted by Gasteiger charge is 2.14. The third kappa shape index (κ3) is 5.16. The summed E-state index contributed by atoms with van der Waals surface area (Å²) in [4.78, 5) is 15.4. The Balaban J connectivity index is 1.56. The maximum atomic E-state index is 10.9. The Labute approximate surface area is 172 Å². The van der Waals surface area contributed by atoms with Crippen LogP contribution in [0, 0.1) is 0 Å². The van der Waals surface area contributed by atoms with Crippen LogP contribution in [0.15, 0.2) is 40.8 Å². The molecule has 0 bridgehead atoms. The summed E-state index contributed by atoms with van der Waals surface area (Å²) in [5.41, 5.74) is 3.76. The Bertz CT molecular complexity index is 902. The Morgan fingerprint density at radius 3 is 2.54 bits per heavy atom. The van der Waals surface area contributed by atoms with Gasteiger partial charge in [-0.2, -0.15) is 0 Å². The minimum absolute atomic E-state index is 0.312. The Kier molecular flexibility index (Phi) is 7.14. The molecule has 3 rings (SSSR count). The van der Waals surface area contributed by atoms with E-state index in [4.69, 9.17) is 37.6 Å². The normalized spacial score (nSPS) is 11.0. The average Bonchev–Trinajstić information content (AvgIpc) is 3.12. The highest BCUT2D eigenvalue weighted by Crippen LogP contribution is 2.38. The number of halogens is 2. The van der Waals surface area contributed by atoms with Gasteiger partial charge in [0.15, 0.2) is 11.3 Å². The van der Waals surface area contributed by atoms with Crippen molar-refractivity contribution in [2.75, 3.05) is 6.61 Å². The quantitative estimate of drug-likeness (QED) is 0.265. The number of carbonyl (C=O) groups is 1. The molecular weight excluding hydrogens is 403 g/mol. The van der Waals surface area contributed by atoms with Gasteiger partial charge in [0.1, 0.15) is 5.52 Å². The lowest BCUT2D eigenvalue weighted by atomic mass is 10.1. The summed E-state index contributed by atoms with van der Waals surface area (Å²) < 4.78 is 11.5. The number of carbonyl (C=O) groups excluding carboxylic acids is 1. The van der Waals surface area contributed by atoms with E-state index < -0.39 is 0 Å². The Hall–Kier alpha value is -2.28. The summed E-state index contributed by atoms with van der Waals surface area (Å²) in [6, 6.07) is 11.0. The predicted molar refractivity (Wildman–Crippen MR) is 108 cm³/mol. The van der Waals surface area contributed by atoms with Crippen LogP contribution in [-0.4, -0.2) is 22.7 Å². The molecule has 0 aliphatic rings. The van der Waals surface area contributed by atoms with E-state index in [0.717, 1.165) is 24.8 Å². The van der Waals surface area contributed by atoms with E-state index in [-0.39, 0.29) is 5.91 Å². The first kappa shape index (κ1) is 20.5. The topological polar surface area (TPSA) is 84.6 Å². The zero-order valence-electron chi connectivity index (χ0n) is 15.1. The van der Waals surface area contributed by atoms with Crippen LogP contribution in [0.1, 0.15) is 32.1 Å². The number of unbranched alkanes of at least 4 members (excludes halogenated alkanes) is 3. The van der Waals surface area contributed by atoms with E-state index in [1.165, 1.54) is 0 Å². The minimum atomic E-state index is -0.367. The minimum Gasteiger partial charge on any atom is -0.490 e. The number of nitrogens with one attached hydrogen (secondary N) is 1. The molecule has 0 saturated heterocycles. The van der Waals surface area contributed by atoms with Gasteiger partial charge in [0.05, 0.1) is 16.7 Å². The lowest BCUT2D eigenvalue weighted by molar-refractivity contribution is -0.129. The molecule has 0 aliphatic carbocycles. The lowest BCUT2D eigenvalue weighted by Crippen LogP contribution is -2.17. The Morgan fingerprint density at radius 1 is 1.11 bits per heavy atom. The van der Waals surface area contributed by atoms with Crippen molar-refractivity contribution in [2.24, 2.45) is 0 Å². The summed E-state index contributed by atoms with van der Waals surface area (Å²) in [6.07, 6.45) is 3.60. The van der Waals surface area contributed by atoms with Crippen LogP contribution in [0.25, 0.3) is 22.6 Å². The molecule has 1 aromatic heterocycles. The van der Waals surface area contributed by atoms with Crippen LogP contribution in [0.3, 0.4) is 0 Å². The zero-order chi connectivity index (χ0) is 19.9. The fourth-order valence-corrected chi connectivity index (χ4v) is 3.38. The first-order chi connectivity index (χ1) is 13.6. The number of hydrogen-bond acceptors (Lipinski definition) is 5. The lowest BCUT2D eigenvalue weighted by Gasteiger charge is -2.11. The summed E-state index contributed by atoms with van der Waals surface area (Å²) in [6.45, 7) is 0.466. The predicted octanol–water partition coefficient (Wildman–Crippen LogP) is 5.64. The third-order valence-corrected chi connectivity index (χ3v) is 4.77. The van der Waals surface area contributed by atoms with E-state index >= 15 is 0 Å². The molecule has 2 N–H and O–H groups in total. The number of benzene rings is 2. The van der Waals surface area contributed by atoms with Gasteiger partial charge in [-0.3, -0.25) is 10.0 Å². The molecule has 1 heterocycles. The molecule has 3 aromatic rings. The van der Waals surface area contributed by atoms with E-state index in [2.05, 4.69) is 4.98 Å². The molecule has 0 spiro atoms. The number of aromatic nitrogens is 1. The number of fused-ring (bicyclic) bond motifs is 1. The second kappa shape index (κ2) is 9.78. The zero-order valence-corrected chi connectivity index (χ0v) is 16.6. The number of hydrogen-bond donors (Lipinski definition) is 2. The maximum Gasteiger partial charge on any atom is 0.243 e. The molecule has 1 amide bonds. The molecule has 0 saturated carbocycles. The second-order valence-corrected chi connectivity index (χ2v) is 7.12. The van der Waals surface area contributed by atoms with Crippen LogP contribution >= 0.6 is 23.2 Å². The van der Waals surface area contributed by atoms with Gasteiger partial charge in [-0.1, -0.05) is 48.2 Å². The molecule has 148 valence electrons. The largest absolute Gasteiger partial charge is 0.490 e. The molecule has 0 aliphatic heterocycles. The highest BCUT2D eigenvalue weighted by atomic mass is 35.5. The van der Waals surface area contributed by atoms with Crippen LogP contribution in [0.5, 0.6) is 5.75 Å². The van der Waals surface area contributed by atoms with Gasteiger partial charge in [-0.15, -0.1) is 0 Å². The van der Waals surface area contributed by atoms with Crippen molar-refractivity contribution < 1.29 is 19.2 Å². The van der Waals surface area contributed by atoms with Crippen LogP contribution in [0.4, 0.5) is 0 Å². The molecular formula is C20H20Cl2N2O4. The number of para-hydroxylation sites is 2. The van der Waals surface area contributed by atoms with E-state index in [0.29, 0.717) is 52.3 Å². The van der Waals surface area contributed by atoms with Crippen molar-refractivity contribution in [2.45, 2.75) is 32.1 Å². The number of ether oxygens (including phenoxy) is 1. The van der Waals surface area contributed by atoms with E-state index in [1.807, 2.05) is 24.3 Å². The number of rotatable bonds is 9. The fourth-order valence-electron chi connectivity index (χ4n) is 2.79. The second-order valence-electron chi connectivity index (χ2n) is 6.30. The van der Waals surface area contributed by atoms with Gasteiger partial charge >= 0.3 is 0 Å². The number of hydroxylamine groups is 1. The van der Waals surface area contributed by atoms with Crippen LogP contribution < -0.4 is 10.2 Å². The monoisotopic (exact) mass is 422 g/mol. The molecule has 0 unspecified atom stereocenters. The van der Waals surface area contributed by atoms with Crippen molar-refractivity contribution in [3.8, 4) is 17.2 Å². The summed E-state index contributed by atoms with van der Waals surface area (Å²) >= 11 is 12.7. The first-order valence-corrected chi connectivity index (χ1v) is 9.75. The summed E-state index contributed by atoms with van der Waals surface area (Å²) in [7, 11) is 0. The highest BCUT2D eigenvalue weighted by molar-refractivity contribution is 6.37. The molecule has 0 atom stereocenters. The number of nitrogens with zero attached hydrogens (tertiary/aromatic N) is 1. The van der Waals surface area contributed by atoms with Crippen molar-refractivity contribution in [1.82, 2.24) is 10.5 Å². The molecule has 6 nitrogen and oxygen atoms in total. The number of amides is 1. The first-order valence-electron chi connectivity index (χ1n) is 8.99. The van der Waals surface area contributed by atoms with Crippen molar-refractivity contribution in [1.29, 1.82) is 0 Å². The van der Waals surface area contributed by atoms with Gasteiger partial charge in [0, 0.05) is 12.0 Å². The summed E-state index contributed by atoms with van der Waals surface area (Å²) in [5, 5.41) is 9.21. The molecule has 2 aromatic carbocycles. The maximum absolute atomic E-state index is 10.9. The summed E-state index contributed by atoms with van der Waals surface area (Å²) in [5.74, 6) is 0.514. The SMILES string of the molecule is O=C(CCCCCCOc1c(Cl)cc(-c2nc3ccccc3o2)cc1Cl)NO. The van der Waals surface area contributed by atoms with Crippen molar-refractivity contribution >= 4 is 40.2 Å². The van der Waals surface area contributed by atoms with E-state index in [1.54, 1.807) is 17.6 Å².